The maximum atomic E-state index is 12.6. The first-order valence-electron chi connectivity index (χ1n) is 10.9. The normalized spacial score (nSPS) is 10.3. The summed E-state index contributed by atoms with van der Waals surface area (Å²) in [7, 11) is 0. The summed E-state index contributed by atoms with van der Waals surface area (Å²) in [6.45, 7) is 4.42. The topological polar surface area (TPSA) is 96.5 Å². The van der Waals surface area contributed by atoms with Crippen molar-refractivity contribution in [1.82, 2.24) is 10.9 Å². The van der Waals surface area contributed by atoms with Gasteiger partial charge in [-0.2, -0.15) is 0 Å². The molecule has 0 bridgehead atoms. The van der Waals surface area contributed by atoms with Crippen molar-refractivity contribution in [2.24, 2.45) is 0 Å². The van der Waals surface area contributed by atoms with E-state index < -0.39 is 11.8 Å². The lowest BCUT2D eigenvalue weighted by Crippen LogP contribution is -2.41. The largest absolute Gasteiger partial charge is 0.493 e. The van der Waals surface area contributed by atoms with Crippen LogP contribution in [0.1, 0.15) is 56.4 Å². The van der Waals surface area contributed by atoms with Gasteiger partial charge in [0, 0.05) is 21.3 Å². The molecule has 0 saturated carbocycles. The predicted octanol–water partition coefficient (Wildman–Crippen LogP) is 5.26. The van der Waals surface area contributed by atoms with Gasteiger partial charge in [0.05, 0.1) is 12.2 Å². The molecular formula is C26H26BrN3O4. The van der Waals surface area contributed by atoms with Gasteiger partial charge in [0.15, 0.2) is 0 Å². The average molecular weight is 524 g/mol. The van der Waals surface area contributed by atoms with Crippen LogP contribution in [0.25, 0.3) is 0 Å². The van der Waals surface area contributed by atoms with Gasteiger partial charge in [-0.05, 0) is 67.4 Å². The van der Waals surface area contributed by atoms with E-state index in [1.807, 2.05) is 19.1 Å². The van der Waals surface area contributed by atoms with Gasteiger partial charge in [0.25, 0.3) is 17.7 Å². The summed E-state index contributed by atoms with van der Waals surface area (Å²) in [5.41, 5.74) is 7.46. The molecule has 3 amide bonds. The number of anilines is 1. The molecule has 0 aliphatic heterocycles. The molecule has 0 aliphatic rings. The van der Waals surface area contributed by atoms with E-state index in [0.717, 1.165) is 22.9 Å². The molecule has 176 valence electrons. The van der Waals surface area contributed by atoms with Gasteiger partial charge in [-0.25, -0.2) is 0 Å². The molecule has 0 saturated heterocycles. The molecule has 0 aromatic heterocycles. The second kappa shape index (κ2) is 12.0. The predicted molar refractivity (Wildman–Crippen MR) is 135 cm³/mol. The Hall–Kier alpha value is -3.65. The molecule has 3 aromatic carbocycles. The summed E-state index contributed by atoms with van der Waals surface area (Å²) >= 11 is 3.35. The molecular weight excluding hydrogens is 498 g/mol. The number of hydrogen-bond acceptors (Lipinski definition) is 4. The Bertz CT molecular complexity index is 1180. The molecule has 0 atom stereocenters. The zero-order valence-electron chi connectivity index (χ0n) is 19.0. The highest BCUT2D eigenvalue weighted by Crippen LogP contribution is 2.23. The van der Waals surface area contributed by atoms with E-state index >= 15 is 0 Å². The van der Waals surface area contributed by atoms with Crippen LogP contribution in [0.3, 0.4) is 0 Å². The highest BCUT2D eigenvalue weighted by molar-refractivity contribution is 9.10. The van der Waals surface area contributed by atoms with Crippen LogP contribution < -0.4 is 20.9 Å². The molecule has 3 aromatic rings. The SMILES string of the molecule is CCCCOc1ccc(Br)cc1C(=O)NNC(=O)c1ccc(NC(=O)c2ccccc2C)cc1. The van der Waals surface area contributed by atoms with Crippen molar-refractivity contribution in [2.75, 3.05) is 11.9 Å². The van der Waals surface area contributed by atoms with E-state index in [0.29, 0.717) is 34.7 Å². The van der Waals surface area contributed by atoms with Gasteiger partial charge < -0.3 is 10.1 Å². The molecule has 0 unspecified atom stereocenters. The van der Waals surface area contributed by atoms with Crippen LogP contribution in [-0.4, -0.2) is 24.3 Å². The molecule has 3 rings (SSSR count). The van der Waals surface area contributed by atoms with E-state index in [9.17, 15) is 14.4 Å². The zero-order chi connectivity index (χ0) is 24.5. The Balaban J connectivity index is 1.59. The number of carbonyl (C=O) groups excluding carboxylic acids is 3. The smallest absolute Gasteiger partial charge is 0.273 e. The molecule has 0 radical (unpaired) electrons. The number of halogens is 1. The van der Waals surface area contributed by atoms with Crippen molar-refractivity contribution in [2.45, 2.75) is 26.7 Å². The molecule has 0 spiro atoms. The van der Waals surface area contributed by atoms with Gasteiger partial charge in [-0.15, -0.1) is 0 Å². The molecule has 0 heterocycles. The van der Waals surface area contributed by atoms with Crippen LogP contribution in [0, 0.1) is 6.92 Å². The fraction of sp³-hybridized carbons (Fsp3) is 0.192. The average Bonchev–Trinajstić information content (AvgIpc) is 2.84. The maximum absolute atomic E-state index is 12.6. The number of unbranched alkanes of at least 4 members (excludes halogenated alkanes) is 1. The fourth-order valence-corrected chi connectivity index (χ4v) is 3.48. The third-order valence-electron chi connectivity index (χ3n) is 5.03. The lowest BCUT2D eigenvalue weighted by Gasteiger charge is -2.13. The first kappa shape index (κ1) is 25.0. The number of aryl methyl sites for hydroxylation is 1. The number of ether oxygens (including phenoxy) is 1. The number of amides is 3. The van der Waals surface area contributed by atoms with E-state index in [1.54, 1.807) is 54.6 Å². The zero-order valence-corrected chi connectivity index (χ0v) is 20.6. The number of hydrazine groups is 1. The molecule has 0 fully saturated rings. The van der Waals surface area contributed by atoms with E-state index in [-0.39, 0.29) is 5.91 Å². The lowest BCUT2D eigenvalue weighted by molar-refractivity contribution is 0.0844. The Morgan fingerprint density at radius 2 is 1.56 bits per heavy atom. The van der Waals surface area contributed by atoms with E-state index in [4.69, 9.17) is 4.74 Å². The van der Waals surface area contributed by atoms with Crippen molar-refractivity contribution in [1.29, 1.82) is 0 Å². The highest BCUT2D eigenvalue weighted by Gasteiger charge is 2.15. The molecule has 8 heteroatoms. The molecule has 3 N–H and O–H groups in total. The van der Waals surface area contributed by atoms with Crippen LogP contribution in [0.15, 0.2) is 71.2 Å². The Morgan fingerprint density at radius 1 is 0.853 bits per heavy atom. The minimum absolute atomic E-state index is 0.228. The van der Waals surface area contributed by atoms with Crippen molar-refractivity contribution in [3.05, 3.63) is 93.5 Å². The Kier molecular flexibility index (Phi) is 8.81. The summed E-state index contributed by atoms with van der Waals surface area (Å²) in [5.74, 6) is -0.775. The molecule has 34 heavy (non-hydrogen) atoms. The number of rotatable bonds is 8. The van der Waals surface area contributed by atoms with E-state index in [2.05, 4.69) is 39.0 Å². The Labute approximate surface area is 207 Å². The Morgan fingerprint density at radius 3 is 2.26 bits per heavy atom. The van der Waals surface area contributed by atoms with Crippen molar-refractivity contribution in [3.63, 3.8) is 0 Å². The number of benzene rings is 3. The van der Waals surface area contributed by atoms with Crippen LogP contribution in [0.4, 0.5) is 5.69 Å². The molecule has 7 nitrogen and oxygen atoms in total. The van der Waals surface area contributed by atoms with Gasteiger partial charge in [-0.3, -0.25) is 25.2 Å². The summed E-state index contributed by atoms with van der Waals surface area (Å²) in [5, 5.41) is 2.81. The first-order valence-corrected chi connectivity index (χ1v) is 11.7. The van der Waals surface area contributed by atoms with Gasteiger partial charge >= 0.3 is 0 Å². The van der Waals surface area contributed by atoms with Crippen LogP contribution in [0.5, 0.6) is 5.75 Å². The lowest BCUT2D eigenvalue weighted by atomic mass is 10.1. The quantitative estimate of drug-likeness (QED) is 0.277. The van der Waals surface area contributed by atoms with Crippen molar-refractivity contribution >= 4 is 39.3 Å². The number of hydrogen-bond donors (Lipinski definition) is 3. The maximum Gasteiger partial charge on any atom is 0.273 e. The van der Waals surface area contributed by atoms with Crippen LogP contribution in [-0.2, 0) is 0 Å². The summed E-state index contributed by atoms with van der Waals surface area (Å²) in [4.78, 5) is 37.6. The molecule has 0 aliphatic carbocycles. The monoisotopic (exact) mass is 523 g/mol. The van der Waals surface area contributed by atoms with Crippen molar-refractivity contribution in [3.8, 4) is 5.75 Å². The number of carbonyl (C=O) groups is 3. The second-order valence-corrected chi connectivity index (χ2v) is 8.51. The summed E-state index contributed by atoms with van der Waals surface area (Å²) < 4.78 is 6.42. The van der Waals surface area contributed by atoms with Crippen molar-refractivity contribution < 1.29 is 19.1 Å². The third kappa shape index (κ3) is 6.68. The summed E-state index contributed by atoms with van der Waals surface area (Å²) in [6.07, 6.45) is 1.84. The minimum atomic E-state index is -0.497. The van der Waals surface area contributed by atoms with Gasteiger partial charge in [-0.1, -0.05) is 47.5 Å². The van der Waals surface area contributed by atoms with Gasteiger partial charge in [0.1, 0.15) is 5.75 Å². The summed E-state index contributed by atoms with van der Waals surface area (Å²) in [6, 6.07) is 18.8. The third-order valence-corrected chi connectivity index (χ3v) is 5.52. The van der Waals surface area contributed by atoms with Crippen LogP contribution >= 0.6 is 15.9 Å². The van der Waals surface area contributed by atoms with Crippen LogP contribution in [0.2, 0.25) is 0 Å². The minimum Gasteiger partial charge on any atom is -0.493 e. The fourth-order valence-electron chi connectivity index (χ4n) is 3.12. The standard InChI is InChI=1S/C26H26BrN3O4/c1-3-4-15-34-23-14-11-19(27)16-22(23)26(33)30-29-24(31)18-9-12-20(13-10-18)28-25(32)21-8-6-5-7-17(21)2/h5-14,16H,3-4,15H2,1-2H3,(H,28,32)(H,29,31)(H,30,33). The number of nitrogens with one attached hydrogen (secondary N) is 3. The van der Waals surface area contributed by atoms with Gasteiger partial charge in [0.2, 0.25) is 0 Å². The second-order valence-electron chi connectivity index (χ2n) is 7.60. The highest BCUT2D eigenvalue weighted by atomic mass is 79.9. The first-order chi connectivity index (χ1) is 16.4. The van der Waals surface area contributed by atoms with E-state index in [1.165, 1.54) is 0 Å².